The highest BCUT2D eigenvalue weighted by Gasteiger charge is 2.40. The number of hydrogen-bond donors (Lipinski definition) is 0. The lowest BCUT2D eigenvalue weighted by atomic mass is 9.72. The number of nitrogens with zero attached hydrogens (tertiary/aromatic N) is 6. The third kappa shape index (κ3) is 3.59. The zero-order valence-corrected chi connectivity index (χ0v) is 20.8. The van der Waals surface area contributed by atoms with Gasteiger partial charge >= 0.3 is 0 Å². The van der Waals surface area contributed by atoms with E-state index in [0.29, 0.717) is 17.2 Å². The Kier molecular flexibility index (Phi) is 5.86. The van der Waals surface area contributed by atoms with Gasteiger partial charge in [-0.2, -0.15) is 0 Å². The molecule has 0 radical (unpaired) electrons. The molecule has 2 unspecified atom stereocenters. The van der Waals surface area contributed by atoms with Crippen LogP contribution in [0.2, 0.25) is 0 Å². The van der Waals surface area contributed by atoms with E-state index in [9.17, 15) is 0 Å². The molecule has 6 heteroatoms. The summed E-state index contributed by atoms with van der Waals surface area (Å²) in [5, 5.41) is 0. The standard InChI is InChI=1S/C29H30N6/c1-7-19(23(8-2)30-9-3)26-18(4)34(5)28(32-26)20-15-16-21(20)29-33-27-22-12-11-17-31-24(22)13-10-14-25(27)35(29)6/h1,8-13,17,20-21H,2,14-16H2,3-6H3/b23-19+,30-9?. The Bertz CT molecular complexity index is 1450. The average molecular weight is 463 g/mol. The Hall–Kier alpha value is -3.98. The fourth-order valence-electron chi connectivity index (χ4n) is 5.27. The van der Waals surface area contributed by atoms with Gasteiger partial charge in [-0.05, 0) is 51.0 Å². The molecule has 3 aromatic heterocycles. The molecule has 3 aromatic rings. The molecular weight excluding hydrogens is 432 g/mol. The molecule has 0 aliphatic heterocycles. The van der Waals surface area contributed by atoms with Crippen molar-refractivity contribution in [1.29, 1.82) is 0 Å². The average Bonchev–Trinajstić information content (AvgIpc) is 3.22. The summed E-state index contributed by atoms with van der Waals surface area (Å²) in [4.78, 5) is 19.2. The number of imidazole rings is 2. The first-order valence-corrected chi connectivity index (χ1v) is 12.0. The third-order valence-electron chi connectivity index (χ3n) is 7.38. The molecule has 176 valence electrons. The fraction of sp³-hybridized carbons (Fsp3) is 0.310. The molecule has 0 N–H and O–H groups in total. The number of allylic oxidation sites excluding steroid dienone is 3. The van der Waals surface area contributed by atoms with Crippen molar-refractivity contribution in [1.82, 2.24) is 24.1 Å². The first-order valence-electron chi connectivity index (χ1n) is 12.0. The Balaban J connectivity index is 1.56. The Morgan fingerprint density at radius 2 is 1.94 bits per heavy atom. The van der Waals surface area contributed by atoms with Crippen LogP contribution in [0.3, 0.4) is 0 Å². The van der Waals surface area contributed by atoms with Gasteiger partial charge in [0.15, 0.2) is 0 Å². The summed E-state index contributed by atoms with van der Waals surface area (Å²) in [7, 11) is 4.21. The zero-order valence-electron chi connectivity index (χ0n) is 20.8. The van der Waals surface area contributed by atoms with Crippen LogP contribution < -0.4 is 0 Å². The minimum atomic E-state index is 0.280. The number of fused-ring (bicyclic) bond motifs is 3. The molecule has 2 aliphatic carbocycles. The van der Waals surface area contributed by atoms with E-state index in [1.54, 1.807) is 12.3 Å². The first kappa shape index (κ1) is 22.8. The second kappa shape index (κ2) is 8.99. The topological polar surface area (TPSA) is 60.9 Å². The van der Waals surface area contributed by atoms with Gasteiger partial charge in [-0.15, -0.1) is 6.42 Å². The van der Waals surface area contributed by atoms with E-state index in [-0.39, 0.29) is 5.92 Å². The SMILES string of the molecule is C#C/C(=C(/C=C)N=CC)c1nc(C2CCC2c2nc3c(n2C)CC=Cc2ncccc2-3)n(C)c1C. The highest BCUT2D eigenvalue weighted by atomic mass is 15.1. The lowest BCUT2D eigenvalue weighted by Crippen LogP contribution is -2.27. The molecule has 0 amide bonds. The number of aromatic nitrogens is 5. The smallest absolute Gasteiger partial charge is 0.113 e. The summed E-state index contributed by atoms with van der Waals surface area (Å²) in [6.07, 6.45) is 18.4. The van der Waals surface area contributed by atoms with E-state index in [2.05, 4.69) is 70.8 Å². The Labute approximate surface area is 206 Å². The molecule has 0 aromatic carbocycles. The number of terminal acetylenes is 1. The van der Waals surface area contributed by atoms with Crippen LogP contribution in [0.1, 0.15) is 66.0 Å². The fourth-order valence-corrected chi connectivity index (χ4v) is 5.27. The summed E-state index contributed by atoms with van der Waals surface area (Å²) >= 11 is 0. The second-order valence-corrected chi connectivity index (χ2v) is 9.12. The lowest BCUT2D eigenvalue weighted by molar-refractivity contribution is 0.307. The molecule has 3 heterocycles. The molecule has 2 atom stereocenters. The van der Waals surface area contributed by atoms with Crippen molar-refractivity contribution >= 4 is 17.9 Å². The molecule has 0 bridgehead atoms. The predicted octanol–water partition coefficient (Wildman–Crippen LogP) is 5.38. The van der Waals surface area contributed by atoms with Crippen LogP contribution in [-0.2, 0) is 20.5 Å². The van der Waals surface area contributed by atoms with Crippen LogP contribution in [0.25, 0.3) is 22.9 Å². The third-order valence-corrected chi connectivity index (χ3v) is 7.38. The van der Waals surface area contributed by atoms with E-state index < -0.39 is 0 Å². The van der Waals surface area contributed by atoms with Crippen LogP contribution in [0.5, 0.6) is 0 Å². The summed E-state index contributed by atoms with van der Waals surface area (Å²) in [5.41, 5.74) is 7.53. The van der Waals surface area contributed by atoms with Gasteiger partial charge in [0.1, 0.15) is 17.3 Å². The largest absolute Gasteiger partial charge is 0.334 e. The van der Waals surface area contributed by atoms with Gasteiger partial charge in [0.2, 0.25) is 0 Å². The van der Waals surface area contributed by atoms with Gasteiger partial charge in [-0.3, -0.25) is 9.98 Å². The van der Waals surface area contributed by atoms with Crippen molar-refractivity contribution in [3.05, 3.63) is 77.2 Å². The van der Waals surface area contributed by atoms with E-state index >= 15 is 0 Å². The van der Waals surface area contributed by atoms with E-state index in [4.69, 9.17) is 16.4 Å². The summed E-state index contributed by atoms with van der Waals surface area (Å²) in [5.74, 6) is 5.55. The highest BCUT2D eigenvalue weighted by Crippen LogP contribution is 2.49. The lowest BCUT2D eigenvalue weighted by Gasteiger charge is -2.35. The number of hydrogen-bond acceptors (Lipinski definition) is 4. The molecular formula is C29H30N6. The molecule has 0 saturated heterocycles. The summed E-state index contributed by atoms with van der Waals surface area (Å²) < 4.78 is 4.46. The van der Waals surface area contributed by atoms with Gasteiger partial charge in [0.05, 0.1) is 22.7 Å². The van der Waals surface area contributed by atoms with Crippen molar-refractivity contribution in [2.45, 2.75) is 44.9 Å². The predicted molar refractivity (Wildman–Crippen MR) is 142 cm³/mol. The minimum Gasteiger partial charge on any atom is -0.334 e. The highest BCUT2D eigenvalue weighted by molar-refractivity contribution is 5.82. The monoisotopic (exact) mass is 462 g/mol. The van der Waals surface area contributed by atoms with E-state index in [1.165, 1.54) is 5.69 Å². The number of pyridine rings is 1. The maximum Gasteiger partial charge on any atom is 0.113 e. The normalized spacial score (nSPS) is 19.4. The molecule has 1 saturated carbocycles. The summed E-state index contributed by atoms with van der Waals surface area (Å²) in [6, 6.07) is 4.10. The second-order valence-electron chi connectivity index (χ2n) is 9.12. The van der Waals surface area contributed by atoms with E-state index in [0.717, 1.165) is 59.3 Å². The van der Waals surface area contributed by atoms with Gasteiger partial charge < -0.3 is 9.13 Å². The Morgan fingerprint density at radius 1 is 1.20 bits per heavy atom. The van der Waals surface area contributed by atoms with Crippen LogP contribution in [0, 0.1) is 19.3 Å². The van der Waals surface area contributed by atoms with Gasteiger partial charge in [-0.1, -0.05) is 18.6 Å². The molecule has 0 spiro atoms. The molecule has 35 heavy (non-hydrogen) atoms. The van der Waals surface area contributed by atoms with E-state index in [1.807, 2.05) is 19.2 Å². The Morgan fingerprint density at radius 3 is 2.60 bits per heavy atom. The molecule has 1 fully saturated rings. The van der Waals surface area contributed by atoms with Crippen molar-refractivity contribution in [2.75, 3.05) is 0 Å². The van der Waals surface area contributed by atoms with Crippen LogP contribution in [0.15, 0.2) is 47.7 Å². The van der Waals surface area contributed by atoms with Gasteiger partial charge in [0.25, 0.3) is 0 Å². The van der Waals surface area contributed by atoms with Crippen LogP contribution >= 0.6 is 0 Å². The zero-order chi connectivity index (χ0) is 24.7. The first-order chi connectivity index (χ1) is 17.0. The quantitative estimate of drug-likeness (QED) is 0.291. The van der Waals surface area contributed by atoms with Crippen molar-refractivity contribution in [3.8, 4) is 23.6 Å². The maximum atomic E-state index is 5.91. The van der Waals surface area contributed by atoms with Crippen molar-refractivity contribution in [3.63, 3.8) is 0 Å². The molecule has 2 aliphatic rings. The number of rotatable bonds is 5. The van der Waals surface area contributed by atoms with Crippen molar-refractivity contribution in [2.24, 2.45) is 19.1 Å². The van der Waals surface area contributed by atoms with Crippen molar-refractivity contribution < 1.29 is 0 Å². The molecule has 5 rings (SSSR count). The maximum absolute atomic E-state index is 5.91. The number of aliphatic imine (C=N–C) groups is 1. The van der Waals surface area contributed by atoms with Crippen LogP contribution in [-0.4, -0.2) is 30.3 Å². The minimum absolute atomic E-state index is 0.280. The van der Waals surface area contributed by atoms with Gasteiger partial charge in [-0.25, -0.2) is 9.97 Å². The molecule has 6 nitrogen and oxygen atoms in total. The van der Waals surface area contributed by atoms with Crippen LogP contribution in [0.4, 0.5) is 0 Å². The van der Waals surface area contributed by atoms with Gasteiger partial charge in [0, 0.05) is 61.7 Å². The summed E-state index contributed by atoms with van der Waals surface area (Å²) in [6.45, 7) is 7.82.